The molecule has 1 heterocycles. The van der Waals surface area contributed by atoms with Crippen molar-refractivity contribution >= 4 is 18.3 Å². The standard InChI is InChI=1S/C17H24N4O.ClH/c1-17(2,3)15(18)16(22)19-10-9-13-11-20-21(12-13)14-7-5-4-6-8-14;/h4-8,11-12,15H,9-10,18H2,1-3H3,(H,19,22);1H/t15-;/m1./s1. The number of nitrogens with zero attached hydrogens (tertiary/aromatic N) is 2. The highest BCUT2D eigenvalue weighted by Crippen LogP contribution is 2.17. The summed E-state index contributed by atoms with van der Waals surface area (Å²) in [5.74, 6) is -0.108. The van der Waals surface area contributed by atoms with Crippen molar-refractivity contribution in [3.63, 3.8) is 0 Å². The lowest BCUT2D eigenvalue weighted by molar-refractivity contribution is -0.124. The van der Waals surface area contributed by atoms with Crippen molar-refractivity contribution in [3.05, 3.63) is 48.3 Å². The Kier molecular flexibility index (Phi) is 6.79. The predicted octanol–water partition coefficient (Wildman–Crippen LogP) is 2.33. The largest absolute Gasteiger partial charge is 0.354 e. The molecular formula is C17H25ClN4O. The van der Waals surface area contributed by atoms with Crippen molar-refractivity contribution in [3.8, 4) is 5.69 Å². The van der Waals surface area contributed by atoms with Crippen LogP contribution in [0.3, 0.4) is 0 Å². The quantitative estimate of drug-likeness (QED) is 0.880. The van der Waals surface area contributed by atoms with E-state index >= 15 is 0 Å². The normalized spacial score (nSPS) is 12.3. The van der Waals surface area contributed by atoms with Gasteiger partial charge in [-0.15, -0.1) is 12.4 Å². The van der Waals surface area contributed by atoms with E-state index in [9.17, 15) is 4.79 Å². The minimum atomic E-state index is -0.500. The van der Waals surface area contributed by atoms with Crippen molar-refractivity contribution < 1.29 is 4.79 Å². The highest BCUT2D eigenvalue weighted by Gasteiger charge is 2.26. The van der Waals surface area contributed by atoms with E-state index in [2.05, 4.69) is 10.4 Å². The van der Waals surface area contributed by atoms with E-state index in [1.165, 1.54) is 0 Å². The maximum atomic E-state index is 11.9. The van der Waals surface area contributed by atoms with E-state index < -0.39 is 6.04 Å². The van der Waals surface area contributed by atoms with Gasteiger partial charge in [0.25, 0.3) is 0 Å². The number of hydrogen-bond acceptors (Lipinski definition) is 3. The second kappa shape index (κ2) is 8.13. The van der Waals surface area contributed by atoms with E-state index in [4.69, 9.17) is 5.73 Å². The molecule has 0 saturated heterocycles. The maximum Gasteiger partial charge on any atom is 0.237 e. The molecule has 23 heavy (non-hydrogen) atoms. The molecule has 0 aliphatic carbocycles. The summed E-state index contributed by atoms with van der Waals surface area (Å²) in [7, 11) is 0. The second-order valence-corrected chi connectivity index (χ2v) is 6.51. The Hall–Kier alpha value is -1.85. The summed E-state index contributed by atoms with van der Waals surface area (Å²) in [6.45, 7) is 6.44. The molecule has 0 radical (unpaired) electrons. The first kappa shape index (κ1) is 19.2. The minimum Gasteiger partial charge on any atom is -0.354 e. The SMILES string of the molecule is CC(C)(C)[C@H](N)C(=O)NCCc1cnn(-c2ccccc2)c1.Cl. The zero-order valence-electron chi connectivity index (χ0n) is 13.8. The molecule has 6 heteroatoms. The van der Waals surface area contributed by atoms with E-state index in [0.717, 1.165) is 17.7 Å². The van der Waals surface area contributed by atoms with Gasteiger partial charge in [-0.3, -0.25) is 4.79 Å². The third-order valence-corrected chi connectivity index (χ3v) is 3.59. The van der Waals surface area contributed by atoms with Crippen molar-refractivity contribution in [1.29, 1.82) is 0 Å². The van der Waals surface area contributed by atoms with Crippen LogP contribution in [-0.2, 0) is 11.2 Å². The highest BCUT2D eigenvalue weighted by molar-refractivity contribution is 5.85. The van der Waals surface area contributed by atoms with Crippen molar-refractivity contribution in [2.75, 3.05) is 6.54 Å². The van der Waals surface area contributed by atoms with Crippen molar-refractivity contribution in [2.24, 2.45) is 11.1 Å². The molecule has 0 saturated carbocycles. The second-order valence-electron chi connectivity index (χ2n) is 6.51. The lowest BCUT2D eigenvalue weighted by Gasteiger charge is -2.25. The Morgan fingerprint density at radius 3 is 2.57 bits per heavy atom. The number of nitrogens with two attached hydrogens (primary N) is 1. The van der Waals surface area contributed by atoms with Crippen LogP contribution >= 0.6 is 12.4 Å². The lowest BCUT2D eigenvalue weighted by Crippen LogP contribution is -2.48. The zero-order valence-corrected chi connectivity index (χ0v) is 14.6. The number of para-hydroxylation sites is 1. The van der Waals surface area contributed by atoms with Crippen LogP contribution in [0.4, 0.5) is 0 Å². The van der Waals surface area contributed by atoms with Gasteiger partial charge in [-0.25, -0.2) is 4.68 Å². The molecule has 0 spiro atoms. The zero-order chi connectivity index (χ0) is 16.2. The van der Waals surface area contributed by atoms with Crippen LogP contribution < -0.4 is 11.1 Å². The van der Waals surface area contributed by atoms with Crippen molar-refractivity contribution in [1.82, 2.24) is 15.1 Å². The number of halogens is 1. The molecule has 0 bridgehead atoms. The first-order valence-electron chi connectivity index (χ1n) is 7.50. The molecule has 3 N–H and O–H groups in total. The molecule has 0 unspecified atom stereocenters. The molecule has 1 amide bonds. The Morgan fingerprint density at radius 2 is 1.96 bits per heavy atom. The van der Waals surface area contributed by atoms with Gasteiger partial charge in [0.05, 0.1) is 17.9 Å². The number of amides is 1. The van der Waals surface area contributed by atoms with Gasteiger partial charge in [-0.05, 0) is 29.5 Å². The van der Waals surface area contributed by atoms with Gasteiger partial charge in [0.15, 0.2) is 0 Å². The van der Waals surface area contributed by atoms with E-state index in [1.54, 1.807) is 0 Å². The number of rotatable bonds is 5. The van der Waals surface area contributed by atoms with Crippen LogP contribution in [0.2, 0.25) is 0 Å². The summed E-state index contributed by atoms with van der Waals surface area (Å²) < 4.78 is 1.83. The Morgan fingerprint density at radius 1 is 1.30 bits per heavy atom. The Labute approximate surface area is 143 Å². The van der Waals surface area contributed by atoms with Crippen LogP contribution in [0.1, 0.15) is 26.3 Å². The summed E-state index contributed by atoms with van der Waals surface area (Å²) in [6.07, 6.45) is 4.53. The fourth-order valence-corrected chi connectivity index (χ4v) is 2.04. The predicted molar refractivity (Wildman–Crippen MR) is 95.0 cm³/mol. The lowest BCUT2D eigenvalue weighted by atomic mass is 9.87. The number of benzene rings is 1. The van der Waals surface area contributed by atoms with Gasteiger partial charge in [0, 0.05) is 12.7 Å². The Bertz CT molecular complexity index is 619. The summed E-state index contributed by atoms with van der Waals surface area (Å²) >= 11 is 0. The summed E-state index contributed by atoms with van der Waals surface area (Å²) in [4.78, 5) is 11.9. The van der Waals surface area contributed by atoms with E-state index in [-0.39, 0.29) is 23.7 Å². The van der Waals surface area contributed by atoms with Gasteiger partial charge in [-0.2, -0.15) is 5.10 Å². The Balaban J connectivity index is 0.00000264. The van der Waals surface area contributed by atoms with Gasteiger partial charge in [0.1, 0.15) is 0 Å². The molecule has 1 aromatic heterocycles. The third-order valence-electron chi connectivity index (χ3n) is 3.59. The number of carbonyl (C=O) groups excluding carboxylic acids is 1. The molecule has 126 valence electrons. The fourth-order valence-electron chi connectivity index (χ4n) is 2.04. The first-order chi connectivity index (χ1) is 10.4. The molecule has 2 aromatic rings. The molecule has 5 nitrogen and oxygen atoms in total. The van der Waals surface area contributed by atoms with Gasteiger partial charge < -0.3 is 11.1 Å². The summed E-state index contributed by atoms with van der Waals surface area (Å²) in [5.41, 5.74) is 7.79. The van der Waals surface area contributed by atoms with Gasteiger partial charge in [0.2, 0.25) is 5.91 Å². The molecule has 0 aliphatic heterocycles. The van der Waals surface area contributed by atoms with Crippen LogP contribution in [-0.4, -0.2) is 28.3 Å². The molecule has 2 rings (SSSR count). The smallest absolute Gasteiger partial charge is 0.237 e. The highest BCUT2D eigenvalue weighted by atomic mass is 35.5. The number of hydrogen-bond donors (Lipinski definition) is 2. The van der Waals surface area contributed by atoms with E-state index in [0.29, 0.717) is 6.54 Å². The molecule has 1 atom stereocenters. The van der Waals surface area contributed by atoms with Crippen LogP contribution in [0.5, 0.6) is 0 Å². The summed E-state index contributed by atoms with van der Waals surface area (Å²) in [6, 6.07) is 9.43. The number of carbonyl (C=O) groups is 1. The molecule has 0 fully saturated rings. The average molecular weight is 337 g/mol. The fraction of sp³-hybridized carbons (Fsp3) is 0.412. The third kappa shape index (κ3) is 5.37. The van der Waals surface area contributed by atoms with E-state index in [1.807, 2.05) is 68.2 Å². The maximum absolute atomic E-state index is 11.9. The number of aromatic nitrogens is 2. The van der Waals surface area contributed by atoms with Gasteiger partial charge in [-0.1, -0.05) is 39.0 Å². The molecule has 1 aromatic carbocycles. The monoisotopic (exact) mass is 336 g/mol. The van der Waals surface area contributed by atoms with Crippen molar-refractivity contribution in [2.45, 2.75) is 33.2 Å². The van der Waals surface area contributed by atoms with Crippen LogP contribution in [0.25, 0.3) is 5.69 Å². The first-order valence-corrected chi connectivity index (χ1v) is 7.50. The van der Waals surface area contributed by atoms with Crippen LogP contribution in [0, 0.1) is 5.41 Å². The summed E-state index contributed by atoms with van der Waals surface area (Å²) in [5, 5.41) is 7.22. The van der Waals surface area contributed by atoms with Crippen LogP contribution in [0.15, 0.2) is 42.7 Å². The minimum absolute atomic E-state index is 0. The molecule has 0 aliphatic rings. The number of nitrogens with one attached hydrogen (secondary N) is 1. The molecular weight excluding hydrogens is 312 g/mol. The van der Waals surface area contributed by atoms with Gasteiger partial charge >= 0.3 is 0 Å². The topological polar surface area (TPSA) is 72.9 Å². The average Bonchev–Trinajstić information content (AvgIpc) is 2.95.